The van der Waals surface area contributed by atoms with Gasteiger partial charge >= 0.3 is 18.0 Å². The largest absolute Gasteiger partial charge is 0.460 e. The van der Waals surface area contributed by atoms with Crippen molar-refractivity contribution in [2.24, 2.45) is 0 Å². The van der Waals surface area contributed by atoms with Crippen LogP contribution >= 0.6 is 0 Å². The molecule has 2 rings (SSSR count). The molecule has 176 valence electrons. The van der Waals surface area contributed by atoms with Crippen molar-refractivity contribution in [1.82, 2.24) is 5.32 Å². The molecule has 2 aromatic rings. The fraction of sp³-hybridized carbons (Fsp3) is 0.346. The van der Waals surface area contributed by atoms with Gasteiger partial charge in [0.2, 0.25) is 5.76 Å². The standard InChI is InChI=1S/C26H31NO6/c1-6-31-24(29)23(32-18(2)28)17-22(27-25(30)33-26(3,4)5)16-19-12-14-21(15-13-19)20-10-8-7-9-11-20/h7-15,17,22H,6,16H2,1-5H3,(H,27,30)/b23-17-/t22-/m1/s1. The summed E-state index contributed by atoms with van der Waals surface area (Å²) < 4.78 is 15.4. The van der Waals surface area contributed by atoms with Gasteiger partial charge in [0.15, 0.2) is 0 Å². The van der Waals surface area contributed by atoms with E-state index >= 15 is 0 Å². The Morgan fingerprint density at radius 2 is 1.58 bits per heavy atom. The Morgan fingerprint density at radius 3 is 2.12 bits per heavy atom. The minimum absolute atomic E-state index is 0.114. The lowest BCUT2D eigenvalue weighted by atomic mass is 10.0. The molecule has 7 heteroatoms. The molecule has 0 unspecified atom stereocenters. The lowest BCUT2D eigenvalue weighted by Gasteiger charge is -2.23. The summed E-state index contributed by atoms with van der Waals surface area (Å²) in [6.07, 6.45) is 1.04. The third-order valence-corrected chi connectivity index (χ3v) is 4.30. The molecular formula is C26H31NO6. The molecule has 0 aliphatic rings. The molecule has 33 heavy (non-hydrogen) atoms. The van der Waals surface area contributed by atoms with Gasteiger partial charge in [-0.05, 0) is 56.9 Å². The fourth-order valence-electron chi connectivity index (χ4n) is 3.01. The highest BCUT2D eigenvalue weighted by Gasteiger charge is 2.22. The number of ether oxygens (including phenoxy) is 3. The van der Waals surface area contributed by atoms with Crippen molar-refractivity contribution in [3.05, 3.63) is 72.0 Å². The summed E-state index contributed by atoms with van der Waals surface area (Å²) >= 11 is 0. The van der Waals surface area contributed by atoms with E-state index in [0.29, 0.717) is 6.42 Å². The van der Waals surface area contributed by atoms with Gasteiger partial charge in [-0.1, -0.05) is 54.6 Å². The second-order valence-corrected chi connectivity index (χ2v) is 8.36. The van der Waals surface area contributed by atoms with Crippen LogP contribution in [0, 0.1) is 0 Å². The number of alkyl carbamates (subject to hydrolysis) is 1. The van der Waals surface area contributed by atoms with E-state index in [1.54, 1.807) is 27.7 Å². The van der Waals surface area contributed by atoms with Gasteiger partial charge in [-0.25, -0.2) is 9.59 Å². The zero-order valence-electron chi connectivity index (χ0n) is 19.7. The second kappa shape index (κ2) is 11.9. The quantitative estimate of drug-likeness (QED) is 0.267. The maximum absolute atomic E-state index is 12.4. The lowest BCUT2D eigenvalue weighted by molar-refractivity contribution is -0.150. The molecule has 0 aliphatic heterocycles. The van der Waals surface area contributed by atoms with Crippen LogP contribution in [0.25, 0.3) is 11.1 Å². The van der Waals surface area contributed by atoms with Gasteiger partial charge in [0.05, 0.1) is 12.6 Å². The number of esters is 2. The third-order valence-electron chi connectivity index (χ3n) is 4.30. The maximum atomic E-state index is 12.4. The highest BCUT2D eigenvalue weighted by Crippen LogP contribution is 2.20. The number of hydrogen-bond donors (Lipinski definition) is 1. The van der Waals surface area contributed by atoms with Crippen molar-refractivity contribution < 1.29 is 28.6 Å². The zero-order chi connectivity index (χ0) is 24.4. The van der Waals surface area contributed by atoms with Crippen molar-refractivity contribution in [3.63, 3.8) is 0 Å². The molecule has 0 saturated carbocycles. The predicted octanol–water partition coefficient (Wildman–Crippen LogP) is 4.80. The minimum atomic E-state index is -0.789. The van der Waals surface area contributed by atoms with Gasteiger partial charge < -0.3 is 19.5 Å². The summed E-state index contributed by atoms with van der Waals surface area (Å²) in [5.41, 5.74) is 2.35. The van der Waals surface area contributed by atoms with Gasteiger partial charge in [-0.15, -0.1) is 0 Å². The molecule has 1 amide bonds. The van der Waals surface area contributed by atoms with E-state index in [9.17, 15) is 14.4 Å². The molecule has 0 bridgehead atoms. The summed E-state index contributed by atoms with van der Waals surface area (Å²) in [6, 6.07) is 17.1. The molecule has 1 atom stereocenters. The molecule has 0 radical (unpaired) electrons. The van der Waals surface area contributed by atoms with Crippen LogP contribution in [0.2, 0.25) is 0 Å². The number of amides is 1. The van der Waals surface area contributed by atoms with Crippen LogP contribution in [0.1, 0.15) is 40.2 Å². The second-order valence-electron chi connectivity index (χ2n) is 8.36. The molecule has 1 N–H and O–H groups in total. The Bertz CT molecular complexity index is 974. The first kappa shape index (κ1) is 25.6. The maximum Gasteiger partial charge on any atom is 0.408 e. The van der Waals surface area contributed by atoms with E-state index in [0.717, 1.165) is 16.7 Å². The first-order valence-corrected chi connectivity index (χ1v) is 10.8. The van der Waals surface area contributed by atoms with Crippen LogP contribution < -0.4 is 5.32 Å². The Morgan fingerprint density at radius 1 is 0.970 bits per heavy atom. The van der Waals surface area contributed by atoms with Crippen molar-refractivity contribution >= 4 is 18.0 Å². The van der Waals surface area contributed by atoms with Crippen molar-refractivity contribution in [1.29, 1.82) is 0 Å². The van der Waals surface area contributed by atoms with Gasteiger partial charge in [-0.2, -0.15) is 0 Å². The van der Waals surface area contributed by atoms with Gasteiger partial charge in [-0.3, -0.25) is 4.79 Å². The SMILES string of the molecule is CCOC(=O)/C(=C/[C@@H](Cc1ccc(-c2ccccc2)cc1)NC(=O)OC(C)(C)C)OC(C)=O. The number of nitrogens with one attached hydrogen (secondary N) is 1. The molecule has 7 nitrogen and oxygen atoms in total. The molecule has 0 heterocycles. The van der Waals surface area contributed by atoms with E-state index in [4.69, 9.17) is 14.2 Å². The van der Waals surface area contributed by atoms with Crippen LogP contribution in [0.15, 0.2) is 66.4 Å². The van der Waals surface area contributed by atoms with Crippen LogP contribution in [-0.4, -0.2) is 36.3 Å². The smallest absolute Gasteiger partial charge is 0.408 e. The summed E-state index contributed by atoms with van der Waals surface area (Å²) in [4.78, 5) is 36.2. The predicted molar refractivity (Wildman–Crippen MR) is 125 cm³/mol. The zero-order valence-corrected chi connectivity index (χ0v) is 19.7. The normalized spacial score (nSPS) is 12.5. The van der Waals surface area contributed by atoms with Gasteiger partial charge in [0.25, 0.3) is 0 Å². The van der Waals surface area contributed by atoms with Crippen molar-refractivity contribution in [3.8, 4) is 11.1 Å². The average molecular weight is 454 g/mol. The fourth-order valence-corrected chi connectivity index (χ4v) is 3.01. The third kappa shape index (κ3) is 9.19. The number of carbonyl (C=O) groups excluding carboxylic acids is 3. The molecule has 0 aromatic heterocycles. The minimum Gasteiger partial charge on any atom is -0.460 e. The first-order chi connectivity index (χ1) is 15.6. The summed E-state index contributed by atoms with van der Waals surface area (Å²) in [7, 11) is 0. The number of carbonyl (C=O) groups is 3. The van der Waals surface area contributed by atoms with Crippen LogP contribution in [0.4, 0.5) is 4.79 Å². The highest BCUT2D eigenvalue weighted by molar-refractivity contribution is 5.89. The van der Waals surface area contributed by atoms with E-state index in [1.165, 1.54) is 13.0 Å². The molecule has 0 saturated heterocycles. The van der Waals surface area contributed by atoms with E-state index in [-0.39, 0.29) is 12.4 Å². The number of rotatable bonds is 8. The van der Waals surface area contributed by atoms with Crippen molar-refractivity contribution in [2.45, 2.75) is 52.7 Å². The summed E-state index contributed by atoms with van der Waals surface area (Å²) in [5, 5.41) is 2.73. The molecule has 0 spiro atoms. The Kier molecular flexibility index (Phi) is 9.21. The van der Waals surface area contributed by atoms with E-state index in [2.05, 4.69) is 5.32 Å². The molecule has 0 aliphatic carbocycles. The number of hydrogen-bond acceptors (Lipinski definition) is 6. The van der Waals surface area contributed by atoms with Crippen LogP contribution in [0.5, 0.6) is 0 Å². The number of benzene rings is 2. The van der Waals surface area contributed by atoms with Gasteiger partial charge in [0.1, 0.15) is 5.60 Å². The molecule has 0 fully saturated rings. The van der Waals surface area contributed by atoms with E-state index < -0.39 is 29.7 Å². The lowest BCUT2D eigenvalue weighted by Crippen LogP contribution is -2.39. The molecular weight excluding hydrogens is 422 g/mol. The van der Waals surface area contributed by atoms with Crippen LogP contribution in [0.3, 0.4) is 0 Å². The Balaban J connectivity index is 2.30. The molecule has 2 aromatic carbocycles. The summed E-state index contributed by atoms with van der Waals surface area (Å²) in [5.74, 6) is -1.74. The van der Waals surface area contributed by atoms with Crippen LogP contribution in [-0.2, 0) is 30.2 Å². The highest BCUT2D eigenvalue weighted by atomic mass is 16.6. The summed E-state index contributed by atoms with van der Waals surface area (Å²) in [6.45, 7) is 8.20. The topological polar surface area (TPSA) is 90.9 Å². The van der Waals surface area contributed by atoms with Crippen molar-refractivity contribution in [2.75, 3.05) is 6.61 Å². The Hall–Kier alpha value is -3.61. The first-order valence-electron chi connectivity index (χ1n) is 10.8. The monoisotopic (exact) mass is 453 g/mol. The van der Waals surface area contributed by atoms with Gasteiger partial charge in [0, 0.05) is 6.92 Å². The average Bonchev–Trinajstić information content (AvgIpc) is 2.73. The Labute approximate surface area is 194 Å². The van der Waals surface area contributed by atoms with E-state index in [1.807, 2.05) is 54.6 Å².